The van der Waals surface area contributed by atoms with E-state index < -0.39 is 0 Å². The van der Waals surface area contributed by atoms with Crippen molar-refractivity contribution in [3.63, 3.8) is 0 Å². The fourth-order valence-electron chi connectivity index (χ4n) is 8.13. The van der Waals surface area contributed by atoms with E-state index in [2.05, 4.69) is 71.1 Å². The molecule has 4 aromatic rings. The van der Waals surface area contributed by atoms with Gasteiger partial charge in [0, 0.05) is 62.3 Å². The van der Waals surface area contributed by atoms with Crippen molar-refractivity contribution in [2.75, 3.05) is 40.5 Å². The molecule has 0 aliphatic carbocycles. The molecule has 8 rings (SSSR count). The fraction of sp³-hybridized carbons (Fsp3) is 0.410. The van der Waals surface area contributed by atoms with Crippen molar-refractivity contribution < 1.29 is 23.8 Å². The second-order valence-electron chi connectivity index (χ2n) is 14.1. The van der Waals surface area contributed by atoms with Crippen LogP contribution in [0.15, 0.2) is 48.7 Å². The van der Waals surface area contributed by atoms with Gasteiger partial charge in [-0.25, -0.2) is 9.97 Å². The quantitative estimate of drug-likeness (QED) is 0.221. The molecule has 2 aromatic carbocycles. The zero-order valence-corrected chi connectivity index (χ0v) is 29.5. The van der Waals surface area contributed by atoms with E-state index in [4.69, 9.17) is 29.2 Å². The van der Waals surface area contributed by atoms with Gasteiger partial charge in [-0.15, -0.1) is 0 Å². The summed E-state index contributed by atoms with van der Waals surface area (Å²) in [5.74, 6) is 2.04. The van der Waals surface area contributed by atoms with Crippen LogP contribution in [0.4, 0.5) is 0 Å². The summed E-state index contributed by atoms with van der Waals surface area (Å²) in [4.78, 5) is 40.4. The second-order valence-corrected chi connectivity index (χ2v) is 14.1. The smallest absolute Gasteiger partial charge is 0.237 e. The van der Waals surface area contributed by atoms with Gasteiger partial charge in [0.15, 0.2) is 0 Å². The highest BCUT2D eigenvalue weighted by atomic mass is 16.5. The first kappa shape index (κ1) is 33.1. The van der Waals surface area contributed by atoms with Crippen molar-refractivity contribution >= 4 is 11.8 Å². The Kier molecular flexibility index (Phi) is 8.59. The Hall–Kier alpha value is -5.07. The van der Waals surface area contributed by atoms with Gasteiger partial charge in [-0.3, -0.25) is 19.5 Å². The van der Waals surface area contributed by atoms with E-state index in [-0.39, 0.29) is 29.4 Å². The van der Waals surface area contributed by atoms with Gasteiger partial charge in [0.05, 0.1) is 48.9 Å². The summed E-state index contributed by atoms with van der Waals surface area (Å²) in [6.45, 7) is 7.60. The molecule has 12 heteroatoms. The number of fused-ring (bicyclic) bond motifs is 1. The van der Waals surface area contributed by atoms with Crippen LogP contribution in [0.2, 0.25) is 0 Å². The summed E-state index contributed by atoms with van der Waals surface area (Å²) >= 11 is 0. The van der Waals surface area contributed by atoms with Gasteiger partial charge in [-0.05, 0) is 48.9 Å². The molecule has 51 heavy (non-hydrogen) atoms. The maximum absolute atomic E-state index is 11.8. The Bertz CT molecular complexity index is 2030. The number of rotatable bonds is 10. The molecule has 0 radical (unpaired) electrons. The highest BCUT2D eigenvalue weighted by Crippen LogP contribution is 2.43. The Morgan fingerprint density at radius 1 is 0.922 bits per heavy atom. The van der Waals surface area contributed by atoms with Crippen molar-refractivity contribution in [1.82, 2.24) is 35.8 Å². The minimum absolute atomic E-state index is 0.0772. The van der Waals surface area contributed by atoms with Gasteiger partial charge < -0.3 is 30.2 Å². The number of carbonyl (C=O) groups excluding carboxylic acids is 2. The van der Waals surface area contributed by atoms with Crippen molar-refractivity contribution in [3.05, 3.63) is 71.0 Å². The van der Waals surface area contributed by atoms with Crippen molar-refractivity contribution in [1.29, 1.82) is 0 Å². The molecule has 2 aromatic heterocycles. The van der Waals surface area contributed by atoms with E-state index in [0.29, 0.717) is 44.3 Å². The zero-order chi connectivity index (χ0) is 35.3. The third-order valence-electron chi connectivity index (χ3n) is 10.8. The van der Waals surface area contributed by atoms with E-state index in [9.17, 15) is 9.59 Å². The van der Waals surface area contributed by atoms with Crippen LogP contribution in [0.3, 0.4) is 0 Å². The lowest BCUT2D eigenvalue weighted by atomic mass is 9.88. The maximum atomic E-state index is 11.8. The molecule has 2 atom stereocenters. The number of methoxy groups -OCH3 is 2. The maximum Gasteiger partial charge on any atom is 0.237 e. The van der Waals surface area contributed by atoms with Gasteiger partial charge in [0.2, 0.25) is 23.6 Å². The summed E-state index contributed by atoms with van der Waals surface area (Å²) in [7, 11) is 3.27. The lowest BCUT2D eigenvalue weighted by molar-refractivity contribution is -0.121. The molecule has 2 amide bonds. The van der Waals surface area contributed by atoms with Gasteiger partial charge in [-0.1, -0.05) is 36.4 Å². The summed E-state index contributed by atoms with van der Waals surface area (Å²) in [5.41, 5.74) is 9.44. The van der Waals surface area contributed by atoms with Crippen LogP contribution in [0.1, 0.15) is 54.1 Å². The zero-order valence-electron chi connectivity index (χ0n) is 29.5. The molecule has 3 N–H and O–H groups in total. The number of carbonyl (C=O) groups is 2. The number of amides is 2. The molecule has 12 nitrogen and oxygen atoms in total. The van der Waals surface area contributed by atoms with Gasteiger partial charge in [0.1, 0.15) is 18.1 Å². The predicted molar refractivity (Wildman–Crippen MR) is 192 cm³/mol. The van der Waals surface area contributed by atoms with Crippen molar-refractivity contribution in [3.8, 4) is 51.2 Å². The molecule has 0 unspecified atom stereocenters. The third-order valence-corrected chi connectivity index (χ3v) is 10.8. The van der Waals surface area contributed by atoms with E-state index in [0.717, 1.165) is 87.7 Å². The SMILES string of the molecule is COc1nc(-c2cccc(-c3cccc(-c4cc5c(c(OC)n4)[C@@H](NC[C@@H]4CCC(=O)N4)CO5)c3C)c2C)cnc1CN1CC2(CCC(=O)N2)C1. The number of pyridine rings is 1. The molecular weight excluding hydrogens is 646 g/mol. The van der Waals surface area contributed by atoms with Crippen LogP contribution in [0.5, 0.6) is 17.5 Å². The summed E-state index contributed by atoms with van der Waals surface area (Å²) in [5, 5.41) is 9.70. The van der Waals surface area contributed by atoms with Crippen LogP contribution < -0.4 is 30.2 Å². The Balaban J connectivity index is 1.04. The highest BCUT2D eigenvalue weighted by Gasteiger charge is 2.47. The standard InChI is InChI=1S/C39H43N7O5/c1-22-25(7-5-9-27(22)29-15-33-36(38(43-29)50-4)32(19-51-33)40-16-24-11-12-34(47)42-24)26-8-6-10-28(23(26)2)30-17-41-31(37(44-30)49-3)18-46-20-39(21-46)14-13-35(48)45-39/h5-10,15,17,24,32,40H,11-14,16,18-21H2,1-4H3,(H,42,47)(H,45,48)/t24-,32-/m0/s1. The molecular formula is C39H43N7O5. The second kappa shape index (κ2) is 13.2. The Morgan fingerprint density at radius 3 is 2.25 bits per heavy atom. The van der Waals surface area contributed by atoms with Crippen LogP contribution >= 0.6 is 0 Å². The minimum Gasteiger partial charge on any atom is -0.491 e. The minimum atomic E-state index is -0.0849. The molecule has 0 bridgehead atoms. The number of hydrogen-bond donors (Lipinski definition) is 3. The molecule has 3 saturated heterocycles. The molecule has 264 valence electrons. The van der Waals surface area contributed by atoms with Gasteiger partial charge >= 0.3 is 0 Å². The number of nitrogens with one attached hydrogen (secondary N) is 3. The number of nitrogens with zero attached hydrogens (tertiary/aromatic N) is 4. The first-order valence-electron chi connectivity index (χ1n) is 17.6. The van der Waals surface area contributed by atoms with Crippen LogP contribution in [-0.4, -0.2) is 83.7 Å². The lowest BCUT2D eigenvalue weighted by Crippen LogP contribution is -2.66. The van der Waals surface area contributed by atoms with E-state index in [1.54, 1.807) is 14.2 Å². The summed E-state index contributed by atoms with van der Waals surface area (Å²) in [6.07, 6.45) is 4.71. The summed E-state index contributed by atoms with van der Waals surface area (Å²) < 4.78 is 17.7. The van der Waals surface area contributed by atoms with Crippen LogP contribution in [0, 0.1) is 13.8 Å². The highest BCUT2D eigenvalue weighted by molar-refractivity contribution is 5.83. The lowest BCUT2D eigenvalue weighted by Gasteiger charge is -2.47. The average Bonchev–Trinajstić information content (AvgIpc) is 3.85. The number of benzene rings is 2. The first-order chi connectivity index (χ1) is 24.7. The normalized spacial score (nSPS) is 20.5. The fourth-order valence-corrected chi connectivity index (χ4v) is 8.13. The average molecular weight is 690 g/mol. The number of aromatic nitrogens is 3. The monoisotopic (exact) mass is 689 g/mol. The molecule has 1 spiro atoms. The molecule has 4 aliphatic rings. The van der Waals surface area contributed by atoms with Crippen molar-refractivity contribution in [2.24, 2.45) is 0 Å². The largest absolute Gasteiger partial charge is 0.491 e. The number of hydrogen-bond acceptors (Lipinski definition) is 10. The number of ether oxygens (including phenoxy) is 3. The van der Waals surface area contributed by atoms with E-state index >= 15 is 0 Å². The molecule has 0 saturated carbocycles. The molecule has 4 aliphatic heterocycles. The third kappa shape index (κ3) is 6.16. The van der Waals surface area contributed by atoms with Crippen LogP contribution in [0.25, 0.3) is 33.6 Å². The van der Waals surface area contributed by atoms with E-state index in [1.165, 1.54) is 0 Å². The first-order valence-corrected chi connectivity index (χ1v) is 17.6. The predicted octanol–water partition coefficient (Wildman–Crippen LogP) is 4.27. The van der Waals surface area contributed by atoms with E-state index in [1.807, 2.05) is 12.3 Å². The van der Waals surface area contributed by atoms with Gasteiger partial charge in [0.25, 0.3) is 0 Å². The Labute approximate surface area is 297 Å². The number of likely N-dealkylation sites (tertiary alicyclic amines) is 1. The van der Waals surface area contributed by atoms with Crippen LogP contribution in [-0.2, 0) is 16.1 Å². The van der Waals surface area contributed by atoms with Gasteiger partial charge in [-0.2, -0.15) is 0 Å². The molecule has 6 heterocycles. The summed E-state index contributed by atoms with van der Waals surface area (Å²) in [6, 6.07) is 14.6. The topological polar surface area (TPSA) is 140 Å². The molecule has 3 fully saturated rings. The Morgan fingerprint density at radius 2 is 1.61 bits per heavy atom. The van der Waals surface area contributed by atoms with Crippen molar-refractivity contribution in [2.45, 2.75) is 63.7 Å².